The van der Waals surface area contributed by atoms with Crippen LogP contribution in [0.4, 0.5) is 0 Å². The van der Waals surface area contributed by atoms with Gasteiger partial charge in [-0.3, -0.25) is 10.5 Å². The molecule has 0 bridgehead atoms. The van der Waals surface area contributed by atoms with Gasteiger partial charge >= 0.3 is 0 Å². The van der Waals surface area contributed by atoms with Crippen molar-refractivity contribution in [2.45, 2.75) is 0 Å². The Balaban J connectivity index is -0.0000000225. The Hall–Kier alpha value is -0.0400. The molecule has 0 amide bonds. The standard InChI is InChI=1S/H2O2.2OS/c3*1-2/h1-2H;;. The molecule has 2 N–H and O–H groups in total. The molecule has 0 aromatic carbocycles. The molecule has 0 spiro atoms. The molecule has 0 radical (unpaired) electrons. The van der Waals surface area contributed by atoms with Gasteiger partial charge in [-0.15, -0.1) is 0 Å². The number of rotatable bonds is 0. The van der Waals surface area contributed by atoms with E-state index in [9.17, 15) is 0 Å². The predicted molar refractivity (Wildman–Crippen MR) is 21.5 cm³/mol. The molecule has 38 valence electrons. The molecule has 0 aliphatic rings. The zero-order valence-electron chi connectivity index (χ0n) is 2.53. The van der Waals surface area contributed by atoms with Crippen molar-refractivity contribution in [3.8, 4) is 0 Å². The summed E-state index contributed by atoms with van der Waals surface area (Å²) in [6.07, 6.45) is 0. The summed E-state index contributed by atoms with van der Waals surface area (Å²) in [6.45, 7) is 0. The van der Waals surface area contributed by atoms with Gasteiger partial charge in [0.1, 0.15) is 0 Å². The Morgan fingerprint density at radius 3 is 0.833 bits per heavy atom. The molecule has 0 aliphatic heterocycles. The van der Waals surface area contributed by atoms with Gasteiger partial charge in [0.05, 0.1) is 0 Å². The van der Waals surface area contributed by atoms with Gasteiger partial charge in [-0.2, -0.15) is 8.42 Å². The van der Waals surface area contributed by atoms with Gasteiger partial charge in [0.25, 0.3) is 0 Å². The first-order chi connectivity index (χ1) is 3.00. The zero-order chi connectivity index (χ0) is 6.00. The van der Waals surface area contributed by atoms with Crippen LogP contribution < -0.4 is 0 Å². The molecule has 6 heavy (non-hydrogen) atoms. The molecule has 0 aromatic heterocycles. The summed E-state index contributed by atoms with van der Waals surface area (Å²) in [6, 6.07) is 0. The molecule has 0 unspecified atom stereocenters. The topological polar surface area (TPSA) is 74.6 Å². The van der Waals surface area contributed by atoms with E-state index in [1.165, 1.54) is 0 Å². The van der Waals surface area contributed by atoms with Crippen LogP contribution >= 0.6 is 0 Å². The van der Waals surface area contributed by atoms with Crippen molar-refractivity contribution in [1.29, 1.82) is 0 Å². The lowest BCUT2D eigenvalue weighted by molar-refractivity contribution is -0.176. The fraction of sp³-hybridized carbons (Fsp3) is 0. The highest BCUT2D eigenvalue weighted by molar-refractivity contribution is 7.44. The zero-order valence-corrected chi connectivity index (χ0v) is 4.16. The van der Waals surface area contributed by atoms with Crippen molar-refractivity contribution >= 4 is 25.1 Å². The van der Waals surface area contributed by atoms with E-state index in [-0.39, 0.29) is 0 Å². The summed E-state index contributed by atoms with van der Waals surface area (Å²) in [5, 5.41) is 12.0. The van der Waals surface area contributed by atoms with E-state index in [0.29, 0.717) is 0 Å². The van der Waals surface area contributed by atoms with Gasteiger partial charge in [-0.25, -0.2) is 0 Å². The van der Waals surface area contributed by atoms with E-state index in [0.717, 1.165) is 0 Å². The summed E-state index contributed by atoms with van der Waals surface area (Å²) >= 11 is 5.67. The lowest BCUT2D eigenvalue weighted by Gasteiger charge is -1.25. The lowest BCUT2D eigenvalue weighted by atomic mass is 15.0. The second-order valence-electron chi connectivity index (χ2n) is 0. The van der Waals surface area contributed by atoms with Crippen molar-refractivity contribution in [1.82, 2.24) is 0 Å². The molecule has 0 heterocycles. The molecule has 0 aromatic rings. The van der Waals surface area contributed by atoms with Crippen LogP contribution in [0.15, 0.2) is 0 Å². The third-order valence-corrected chi connectivity index (χ3v) is 0. The van der Waals surface area contributed by atoms with Crippen LogP contribution in [-0.4, -0.2) is 18.9 Å². The van der Waals surface area contributed by atoms with E-state index in [4.69, 9.17) is 18.9 Å². The maximum Gasteiger partial charge on any atom is 0.197 e. The Morgan fingerprint density at radius 1 is 0.833 bits per heavy atom. The average molecular weight is 130 g/mol. The predicted octanol–water partition coefficient (Wildman–Crippen LogP) is -0.655. The van der Waals surface area contributed by atoms with E-state index in [1.807, 2.05) is 0 Å². The van der Waals surface area contributed by atoms with Gasteiger partial charge in [0.15, 0.2) is 25.1 Å². The van der Waals surface area contributed by atoms with Gasteiger partial charge < -0.3 is 0 Å². The van der Waals surface area contributed by atoms with Crippen molar-refractivity contribution < 1.29 is 18.9 Å². The van der Waals surface area contributed by atoms with Crippen LogP contribution in [0.2, 0.25) is 0 Å². The molecule has 0 saturated heterocycles. The minimum Gasteiger partial charge on any atom is -0.255 e. The van der Waals surface area contributed by atoms with E-state index in [1.54, 1.807) is 0 Å². The van der Waals surface area contributed by atoms with Crippen molar-refractivity contribution in [3.63, 3.8) is 0 Å². The highest BCUT2D eigenvalue weighted by Crippen LogP contribution is 0.711. The Labute approximate surface area is 44.8 Å². The SMILES string of the molecule is O=S.O=S.OO. The molecular weight excluding hydrogens is 128 g/mol. The second kappa shape index (κ2) is 48600. The smallest absolute Gasteiger partial charge is 0.197 e. The van der Waals surface area contributed by atoms with Crippen molar-refractivity contribution in [2.24, 2.45) is 0 Å². The third kappa shape index (κ3) is 21700. The van der Waals surface area contributed by atoms with Crippen LogP contribution in [0.1, 0.15) is 0 Å². The minimum absolute atomic E-state index is 2.83. The maximum atomic E-state index is 7.83. The Bertz CT molecular complexity index is 7.51. The highest BCUT2D eigenvalue weighted by atomic mass is 32.1. The van der Waals surface area contributed by atoms with Gasteiger partial charge in [-0.05, 0) is 0 Å². The summed E-state index contributed by atoms with van der Waals surface area (Å²) in [5.41, 5.74) is 0. The van der Waals surface area contributed by atoms with E-state index >= 15 is 0 Å². The maximum absolute atomic E-state index is 7.83. The van der Waals surface area contributed by atoms with Gasteiger partial charge in [0, 0.05) is 0 Å². The summed E-state index contributed by atoms with van der Waals surface area (Å²) < 4.78 is 15.7. The molecule has 0 aliphatic carbocycles. The molecular formula is H2O4S2. The van der Waals surface area contributed by atoms with Gasteiger partial charge in [-0.1, -0.05) is 0 Å². The van der Waals surface area contributed by atoms with Gasteiger partial charge in [0.2, 0.25) is 0 Å². The quantitative estimate of drug-likeness (QED) is 0.335. The monoisotopic (exact) mass is 130 g/mol. The fourth-order valence-corrected chi connectivity index (χ4v) is 0. The largest absolute Gasteiger partial charge is 0.255 e. The third-order valence-electron chi connectivity index (χ3n) is 0. The Kier molecular flexibility index (Phi) is 136000. The molecule has 0 atom stereocenters. The van der Waals surface area contributed by atoms with Crippen LogP contribution in [0.3, 0.4) is 0 Å². The Morgan fingerprint density at radius 2 is 0.833 bits per heavy atom. The first-order valence-electron chi connectivity index (χ1n) is 0.533. The van der Waals surface area contributed by atoms with E-state index < -0.39 is 0 Å². The van der Waals surface area contributed by atoms with Crippen molar-refractivity contribution in [2.75, 3.05) is 0 Å². The first-order valence-corrected chi connectivity index (χ1v) is 1.20. The van der Waals surface area contributed by atoms with Crippen LogP contribution in [-0.2, 0) is 25.1 Å². The molecule has 0 saturated carbocycles. The molecule has 6 heteroatoms. The summed E-state index contributed by atoms with van der Waals surface area (Å²) in [7, 11) is 0. The van der Waals surface area contributed by atoms with Crippen LogP contribution in [0.5, 0.6) is 0 Å². The summed E-state index contributed by atoms with van der Waals surface area (Å²) in [4.78, 5) is 0. The molecule has 0 fully saturated rings. The number of hydrogen-bond donors (Lipinski definition) is 2. The van der Waals surface area contributed by atoms with Crippen LogP contribution in [0.25, 0.3) is 0 Å². The lowest BCUT2D eigenvalue weighted by Crippen LogP contribution is -1.29. The summed E-state index contributed by atoms with van der Waals surface area (Å²) in [5.74, 6) is 0. The van der Waals surface area contributed by atoms with Crippen LogP contribution in [0, 0.1) is 0 Å². The second-order valence-corrected chi connectivity index (χ2v) is 0. The number of hydrogen-bond acceptors (Lipinski definition) is 6. The molecule has 4 nitrogen and oxygen atoms in total. The highest BCUT2D eigenvalue weighted by Gasteiger charge is 0.746. The first kappa shape index (κ1) is 16.7. The van der Waals surface area contributed by atoms with Crippen molar-refractivity contribution in [3.05, 3.63) is 0 Å². The van der Waals surface area contributed by atoms with E-state index in [2.05, 4.69) is 25.1 Å². The minimum atomic E-state index is 2.83. The normalized spacial score (nSPS) is 2.33. The fourth-order valence-electron chi connectivity index (χ4n) is 0. The average Bonchev–Trinajstić information content (AvgIpc) is 1.81. The molecule has 0 rings (SSSR count).